The summed E-state index contributed by atoms with van der Waals surface area (Å²) in [5, 5.41) is 8.86. The van der Waals surface area contributed by atoms with Gasteiger partial charge in [0, 0.05) is 42.0 Å². The van der Waals surface area contributed by atoms with E-state index in [9.17, 15) is 4.79 Å². The Morgan fingerprint density at radius 1 is 1.14 bits per heavy atom. The first-order valence-corrected chi connectivity index (χ1v) is 9.05. The lowest BCUT2D eigenvalue weighted by Crippen LogP contribution is -2.26. The van der Waals surface area contributed by atoms with Gasteiger partial charge in [0.2, 0.25) is 0 Å². The van der Waals surface area contributed by atoms with E-state index in [-0.39, 0.29) is 11.6 Å². The van der Waals surface area contributed by atoms with Crippen molar-refractivity contribution in [3.63, 3.8) is 0 Å². The number of benzene rings is 2. The molecular formula is C21H17ClN4O2. The molecule has 0 aliphatic heterocycles. The molecule has 6 nitrogen and oxygen atoms in total. The highest BCUT2D eigenvalue weighted by Gasteiger charge is 2.18. The molecule has 7 heteroatoms. The topological polar surface area (TPSA) is 64.2 Å². The summed E-state index contributed by atoms with van der Waals surface area (Å²) in [6.07, 6.45) is 3.65. The minimum Gasteiger partial charge on any atom is -0.355 e. The predicted molar refractivity (Wildman–Crippen MR) is 106 cm³/mol. The third-order valence-corrected chi connectivity index (χ3v) is 4.50. The Hall–Kier alpha value is -3.38. The number of aromatic nitrogens is 3. The van der Waals surface area contributed by atoms with Gasteiger partial charge in [-0.25, -0.2) is 4.68 Å². The van der Waals surface area contributed by atoms with Crippen molar-refractivity contribution in [1.82, 2.24) is 19.8 Å². The Morgan fingerprint density at radius 3 is 2.75 bits per heavy atom. The molecule has 0 unspecified atom stereocenters. The van der Waals surface area contributed by atoms with E-state index >= 15 is 0 Å². The molecule has 0 saturated carbocycles. The lowest BCUT2D eigenvalue weighted by Gasteiger charge is -2.14. The van der Waals surface area contributed by atoms with Crippen molar-refractivity contribution in [3.8, 4) is 17.0 Å². The van der Waals surface area contributed by atoms with E-state index in [1.807, 2.05) is 48.7 Å². The predicted octanol–water partition coefficient (Wildman–Crippen LogP) is 4.45. The van der Waals surface area contributed by atoms with E-state index in [1.54, 1.807) is 41.0 Å². The number of rotatable bonds is 5. The van der Waals surface area contributed by atoms with Crippen molar-refractivity contribution >= 4 is 17.5 Å². The number of nitrogens with zero attached hydrogens (tertiary/aromatic N) is 4. The largest absolute Gasteiger partial charge is 0.355 e. The van der Waals surface area contributed by atoms with E-state index in [1.165, 1.54) is 0 Å². The standard InChI is InChI=1S/C21H17ClN4O2/c1-25(13-15-12-23-26(14-15)18-8-3-2-4-9-18)21(27)19-11-20(28-24-19)16-6-5-7-17(22)10-16/h2-12,14H,13H2,1H3. The van der Waals surface area contributed by atoms with Gasteiger partial charge < -0.3 is 9.42 Å². The minimum absolute atomic E-state index is 0.232. The minimum atomic E-state index is -0.232. The van der Waals surface area contributed by atoms with Gasteiger partial charge in [0.05, 0.1) is 11.9 Å². The summed E-state index contributed by atoms with van der Waals surface area (Å²) in [5.41, 5.74) is 2.89. The molecule has 0 bridgehead atoms. The van der Waals surface area contributed by atoms with Crippen molar-refractivity contribution in [2.75, 3.05) is 7.05 Å². The van der Waals surface area contributed by atoms with Crippen molar-refractivity contribution in [3.05, 3.63) is 89.3 Å². The molecule has 0 spiro atoms. The monoisotopic (exact) mass is 392 g/mol. The molecule has 2 aromatic heterocycles. The number of hydrogen-bond donors (Lipinski definition) is 0. The molecular weight excluding hydrogens is 376 g/mol. The van der Waals surface area contributed by atoms with Crippen LogP contribution in [-0.4, -0.2) is 32.8 Å². The highest BCUT2D eigenvalue weighted by molar-refractivity contribution is 6.30. The van der Waals surface area contributed by atoms with Crippen molar-refractivity contribution in [2.45, 2.75) is 6.54 Å². The van der Waals surface area contributed by atoms with E-state index in [0.29, 0.717) is 17.3 Å². The van der Waals surface area contributed by atoms with Crippen LogP contribution in [0.4, 0.5) is 0 Å². The lowest BCUT2D eigenvalue weighted by molar-refractivity contribution is 0.0775. The van der Waals surface area contributed by atoms with Gasteiger partial charge in [-0.15, -0.1) is 0 Å². The van der Waals surface area contributed by atoms with Gasteiger partial charge in [-0.1, -0.05) is 47.1 Å². The molecule has 0 fully saturated rings. The van der Waals surface area contributed by atoms with Crippen LogP contribution < -0.4 is 0 Å². The molecule has 28 heavy (non-hydrogen) atoms. The second-order valence-electron chi connectivity index (χ2n) is 6.38. The van der Waals surface area contributed by atoms with Crippen LogP contribution in [0.2, 0.25) is 5.02 Å². The summed E-state index contributed by atoms with van der Waals surface area (Å²) < 4.78 is 7.10. The van der Waals surface area contributed by atoms with E-state index < -0.39 is 0 Å². The number of hydrogen-bond acceptors (Lipinski definition) is 4. The van der Waals surface area contributed by atoms with E-state index in [4.69, 9.17) is 16.1 Å². The van der Waals surface area contributed by atoms with Gasteiger partial charge >= 0.3 is 0 Å². The highest BCUT2D eigenvalue weighted by atomic mass is 35.5. The highest BCUT2D eigenvalue weighted by Crippen LogP contribution is 2.24. The fourth-order valence-electron chi connectivity index (χ4n) is 2.86. The summed E-state index contributed by atoms with van der Waals surface area (Å²) >= 11 is 6.01. The fourth-order valence-corrected chi connectivity index (χ4v) is 3.05. The normalized spacial score (nSPS) is 10.8. The molecule has 0 aliphatic carbocycles. The molecule has 0 N–H and O–H groups in total. The molecule has 0 saturated heterocycles. The number of carbonyl (C=O) groups excluding carboxylic acids is 1. The molecule has 2 heterocycles. The van der Waals surface area contributed by atoms with Gasteiger partial charge in [-0.05, 0) is 24.3 Å². The molecule has 4 rings (SSSR count). The zero-order chi connectivity index (χ0) is 19.5. The maximum Gasteiger partial charge on any atom is 0.276 e. The van der Waals surface area contributed by atoms with Gasteiger partial charge in [0.1, 0.15) is 0 Å². The average molecular weight is 393 g/mol. The van der Waals surface area contributed by atoms with Crippen molar-refractivity contribution in [1.29, 1.82) is 0 Å². The zero-order valence-corrected chi connectivity index (χ0v) is 15.9. The fraction of sp³-hybridized carbons (Fsp3) is 0.0952. The molecule has 0 atom stereocenters. The van der Waals surface area contributed by atoms with E-state index in [0.717, 1.165) is 16.8 Å². The zero-order valence-electron chi connectivity index (χ0n) is 15.1. The van der Waals surface area contributed by atoms with Crippen LogP contribution in [0.5, 0.6) is 0 Å². The van der Waals surface area contributed by atoms with Crippen molar-refractivity contribution < 1.29 is 9.32 Å². The second kappa shape index (κ2) is 7.70. The van der Waals surface area contributed by atoms with Crippen LogP contribution in [-0.2, 0) is 6.54 Å². The number of halogens is 1. The summed E-state index contributed by atoms with van der Waals surface area (Å²) in [6, 6.07) is 18.6. The first-order chi connectivity index (χ1) is 13.6. The summed E-state index contributed by atoms with van der Waals surface area (Å²) in [5.74, 6) is 0.264. The van der Waals surface area contributed by atoms with Crippen LogP contribution in [0.25, 0.3) is 17.0 Å². The van der Waals surface area contributed by atoms with Crippen molar-refractivity contribution in [2.24, 2.45) is 0 Å². The van der Waals surface area contributed by atoms with Crippen LogP contribution in [0.15, 0.2) is 77.6 Å². The Labute approximate surface area is 166 Å². The second-order valence-corrected chi connectivity index (χ2v) is 6.81. The van der Waals surface area contributed by atoms with Crippen LogP contribution in [0, 0.1) is 0 Å². The van der Waals surface area contributed by atoms with Gasteiger partial charge in [0.25, 0.3) is 5.91 Å². The first kappa shape index (κ1) is 18.0. The number of amides is 1. The van der Waals surface area contributed by atoms with Gasteiger partial charge in [-0.3, -0.25) is 4.79 Å². The van der Waals surface area contributed by atoms with Gasteiger partial charge in [0.15, 0.2) is 11.5 Å². The first-order valence-electron chi connectivity index (χ1n) is 8.67. The summed E-state index contributed by atoms with van der Waals surface area (Å²) in [4.78, 5) is 14.3. The number of carbonyl (C=O) groups is 1. The third kappa shape index (κ3) is 3.82. The van der Waals surface area contributed by atoms with Gasteiger partial charge in [-0.2, -0.15) is 5.10 Å². The smallest absolute Gasteiger partial charge is 0.276 e. The number of para-hydroxylation sites is 1. The summed E-state index contributed by atoms with van der Waals surface area (Å²) in [6.45, 7) is 0.408. The Bertz CT molecular complexity index is 1100. The molecule has 4 aromatic rings. The van der Waals surface area contributed by atoms with Crippen LogP contribution in [0.3, 0.4) is 0 Å². The Morgan fingerprint density at radius 2 is 1.96 bits per heavy atom. The van der Waals surface area contributed by atoms with Crippen LogP contribution >= 0.6 is 11.6 Å². The molecule has 140 valence electrons. The molecule has 0 radical (unpaired) electrons. The Balaban J connectivity index is 1.46. The lowest BCUT2D eigenvalue weighted by atomic mass is 10.1. The maximum atomic E-state index is 12.7. The SMILES string of the molecule is CN(Cc1cnn(-c2ccccc2)c1)C(=O)c1cc(-c2cccc(Cl)c2)on1. The van der Waals surface area contributed by atoms with E-state index in [2.05, 4.69) is 10.3 Å². The maximum absolute atomic E-state index is 12.7. The summed E-state index contributed by atoms with van der Waals surface area (Å²) in [7, 11) is 1.72. The molecule has 0 aliphatic rings. The third-order valence-electron chi connectivity index (χ3n) is 4.26. The molecule has 1 amide bonds. The van der Waals surface area contributed by atoms with Crippen LogP contribution in [0.1, 0.15) is 16.1 Å². The quantitative estimate of drug-likeness (QED) is 0.503. The average Bonchev–Trinajstić information content (AvgIpc) is 3.38. The Kier molecular flexibility index (Phi) is 4.95. The molecule has 2 aromatic carbocycles.